The third kappa shape index (κ3) is 37.2. The lowest BCUT2D eigenvalue weighted by Gasteiger charge is -2.62. The summed E-state index contributed by atoms with van der Waals surface area (Å²) in [6, 6.07) is 0. The molecule has 41 atom stereocenters. The number of hydrogen-bond acceptors (Lipinski definition) is 0. The van der Waals surface area contributed by atoms with E-state index in [1.54, 1.807) is 0 Å². The van der Waals surface area contributed by atoms with Gasteiger partial charge in [-0.25, -0.2) is 0 Å². The van der Waals surface area contributed by atoms with Crippen LogP contribution in [0.3, 0.4) is 0 Å². The second-order valence-corrected chi connectivity index (χ2v) is 318. The Labute approximate surface area is 581 Å². The number of hydrogen-bond donors (Lipinski definition) is 0. The fourth-order valence-electron chi connectivity index (χ4n) is 4.50. The molecule has 0 fully saturated rings. The second-order valence-electron chi connectivity index (χ2n) is 11.8. The predicted molar refractivity (Wildman–Crippen MR) is 618 cm³/mol. The Morgan fingerprint density at radius 2 is 0.122 bits per heavy atom. The SMILES string of the molecule is PP(P)P(P(P)P)P(P(P)P)P(P(P(P(P)P)P(P)P)P(P(P)P)P(P)P)P(P(P(P(P)P)P(P)P)P(P(P)P)P(P)P)P(P(P(P(P)P)P(P)P)P(P(P)P)P(P)P)P(P(P(P)P)P(P)P)P(P(P)P)P(P)P. The Balaban J connectivity index is 12.1. The Morgan fingerprint density at radius 1 is 0.0676 bits per heavy atom. The molecule has 0 amide bonds. The van der Waals surface area contributed by atoms with E-state index in [2.05, 4.69) is 339 Å². The van der Waals surface area contributed by atoms with Crippen LogP contribution in [0.5, 0.6) is 0 Å². The Bertz CT molecular complexity index is 1230. The fraction of sp³-hybridized carbons (Fsp3) is 0. The molecule has 0 rings (SSSR count). The molecule has 0 N–H and O–H groups in total. The van der Waals surface area contributed by atoms with Crippen molar-refractivity contribution in [3.8, 4) is 0 Å². The van der Waals surface area contributed by atoms with Crippen molar-refractivity contribution >= 4 is 591 Å². The zero-order chi connectivity index (χ0) is 58.8. The van der Waals surface area contributed by atoms with Gasteiger partial charge >= 0.3 is 0 Å². The summed E-state index contributed by atoms with van der Waals surface area (Å²) in [7, 11) is 139. The summed E-state index contributed by atoms with van der Waals surface area (Å²) in [4.78, 5) is 0. The molecule has 446 valence electrons. The first-order valence-corrected chi connectivity index (χ1v) is 151. The van der Waals surface area contributed by atoms with Crippen molar-refractivity contribution in [2.24, 2.45) is 0 Å². The first kappa shape index (κ1) is 106. The molecule has 41 unspecified atom stereocenters. The van der Waals surface area contributed by atoms with E-state index in [4.69, 9.17) is 0 Å². The van der Waals surface area contributed by atoms with Gasteiger partial charge in [0.2, 0.25) is 0 Å². The summed E-state index contributed by atoms with van der Waals surface area (Å²) in [6.45, 7) is -11.3. The van der Waals surface area contributed by atoms with Gasteiger partial charge in [-0.05, 0) is 252 Å². The van der Waals surface area contributed by atoms with Gasteiger partial charge in [0.1, 0.15) is 0 Å². The summed E-state index contributed by atoms with van der Waals surface area (Å²) in [6.07, 6.45) is 0. The molecule has 0 aromatic heterocycles. The molecule has 0 aliphatic carbocycles. The van der Waals surface area contributed by atoms with Crippen LogP contribution in [0.2, 0.25) is 0 Å². The van der Waals surface area contributed by atoms with Crippen molar-refractivity contribution in [3.05, 3.63) is 0 Å². The Hall–Kier alpha value is 31.8. The van der Waals surface area contributed by atoms with Crippen LogP contribution in [-0.2, 0) is 0 Å². The Morgan fingerprint density at radius 3 is 0.203 bits per heavy atom. The van der Waals surface area contributed by atoms with E-state index >= 15 is 0 Å². The molecule has 0 aliphatic rings. The molecule has 0 saturated heterocycles. The molecule has 0 heterocycles. The maximum absolute atomic E-state index is 3.77. The second kappa shape index (κ2) is 57.8. The van der Waals surface area contributed by atoms with E-state index in [9.17, 15) is 0 Å². The molecule has 74 heteroatoms. The minimum atomic E-state index is -0.409. The average Bonchev–Trinajstić information content (AvgIpc) is 3.16. The molecule has 0 nitrogen and oxygen atoms in total. The van der Waals surface area contributed by atoms with E-state index in [1.165, 1.54) is 0 Å². The predicted octanol–water partition coefficient (Wildman–Crippen LogP) is 43.4. The van der Waals surface area contributed by atoms with E-state index in [-0.39, 0.29) is 238 Å². The first-order valence-electron chi connectivity index (χ1n) is 16.8. The van der Waals surface area contributed by atoms with Gasteiger partial charge in [0.05, 0.1) is 0 Å². The van der Waals surface area contributed by atoms with Crippen molar-refractivity contribution in [1.29, 1.82) is 0 Å². The lowest BCUT2D eigenvalue weighted by molar-refractivity contribution is 4.31. The van der Waals surface area contributed by atoms with Crippen molar-refractivity contribution in [3.63, 3.8) is 0 Å². The van der Waals surface area contributed by atoms with Crippen LogP contribution >= 0.6 is 591 Å². The van der Waals surface area contributed by atoms with E-state index in [1.807, 2.05) is 0 Å². The summed E-state index contributed by atoms with van der Waals surface area (Å²) < 4.78 is 0. The molecular formula is H76P74. The van der Waals surface area contributed by atoms with Crippen molar-refractivity contribution in [2.75, 3.05) is 0 Å². The summed E-state index contributed by atoms with van der Waals surface area (Å²) in [5, 5.41) is 0. The zero-order valence-corrected chi connectivity index (χ0v) is 114. The molecule has 74 heavy (non-hydrogen) atoms. The van der Waals surface area contributed by atoms with Gasteiger partial charge in [0.15, 0.2) is 0 Å². The highest BCUT2D eigenvalue weighted by Gasteiger charge is 2.64. The molecule has 0 saturated carbocycles. The van der Waals surface area contributed by atoms with Gasteiger partial charge in [-0.3, -0.25) is 0 Å². The summed E-state index contributed by atoms with van der Waals surface area (Å²) >= 11 is 0. The highest BCUT2D eigenvalue weighted by Crippen LogP contribution is 3.51. The highest BCUT2D eigenvalue weighted by molar-refractivity contribution is 9.57. The molecular weight excluding hydrogens is 2290 g/mol. The van der Waals surface area contributed by atoms with Gasteiger partial charge in [0.25, 0.3) is 0 Å². The average molecular weight is 2370 g/mol. The maximum atomic E-state index is 3.77. The normalized spacial score (nSPS) is 15.8. The smallest absolute Gasteiger partial charge is 0.00000679 e. The minimum absolute atomic E-state index is 0.255. The zero-order valence-electron chi connectivity index (χ0n) is 38.0. The Kier molecular flexibility index (Phi) is 82.6. The monoisotopic (exact) mass is 2370 g/mol. The van der Waals surface area contributed by atoms with E-state index in [0.29, 0.717) is 0 Å². The van der Waals surface area contributed by atoms with Crippen LogP contribution in [0.4, 0.5) is 0 Å². The quantitative estimate of drug-likeness (QED) is 0.0555. The largest absolute Gasteiger partial charge is 0.102 e. The van der Waals surface area contributed by atoms with Crippen LogP contribution < -0.4 is 0 Å². The molecule has 0 spiro atoms. The van der Waals surface area contributed by atoms with Crippen LogP contribution in [0.1, 0.15) is 0 Å². The van der Waals surface area contributed by atoms with Gasteiger partial charge in [0, 0.05) is 0 Å². The molecule has 0 bridgehead atoms. The standard InChI is InChI=1S/H76P74/c1-39(2)58(40(3)4)67(57(37)38)72(68(59(41(5)6)42(7)8)60(43(9)10)44(11)12)74(71(65(53(29)30)54(31)32)66(55(33)34)56(35)36)73(69(61(45(13)14)46(15)16)62(47(17)18)48(19)20)70(63(49(21)22)50(23)24)64(51(25)26)52(27)28/h1-38H2. The van der Waals surface area contributed by atoms with Crippen LogP contribution in [0.25, 0.3) is 0 Å². The lowest BCUT2D eigenvalue weighted by atomic mass is 28.4. The summed E-state index contributed by atoms with van der Waals surface area (Å²) in [5.41, 5.74) is 0. The van der Waals surface area contributed by atoms with Crippen LogP contribution in [-0.4, -0.2) is 0 Å². The van der Waals surface area contributed by atoms with Gasteiger partial charge < -0.3 is 0 Å². The van der Waals surface area contributed by atoms with E-state index in [0.717, 1.165) is 0 Å². The molecule has 0 aromatic carbocycles. The van der Waals surface area contributed by atoms with Crippen molar-refractivity contribution in [1.82, 2.24) is 0 Å². The van der Waals surface area contributed by atoms with E-state index < -0.39 is 14.0 Å². The van der Waals surface area contributed by atoms with Crippen LogP contribution in [0.15, 0.2) is 0 Å². The highest BCUT2D eigenvalue weighted by atomic mass is 33.6. The maximum Gasteiger partial charge on any atom is -0.00000679 e. The van der Waals surface area contributed by atoms with Gasteiger partial charge in [-0.2, -0.15) is 0 Å². The van der Waals surface area contributed by atoms with Crippen molar-refractivity contribution in [2.45, 2.75) is 0 Å². The molecule has 0 aliphatic heterocycles. The first-order chi connectivity index (χ1) is 33.6. The molecule has 0 aromatic rings. The third-order valence-corrected chi connectivity index (χ3v) is 525. The van der Waals surface area contributed by atoms with Gasteiger partial charge in [-0.15, -0.1) is 339 Å². The van der Waals surface area contributed by atoms with Gasteiger partial charge in [-0.1, -0.05) is 0 Å². The van der Waals surface area contributed by atoms with Crippen LogP contribution in [0, 0.1) is 0 Å². The third-order valence-electron chi connectivity index (χ3n) is 6.48. The summed E-state index contributed by atoms with van der Waals surface area (Å²) in [5.74, 6) is 0. The molecule has 0 radical (unpaired) electrons. The minimum Gasteiger partial charge on any atom is -0.102 e. The topological polar surface area (TPSA) is 0 Å². The number of rotatable bonds is 35. The van der Waals surface area contributed by atoms with Crippen molar-refractivity contribution < 1.29 is 0 Å². The lowest BCUT2D eigenvalue weighted by Crippen LogP contribution is -1.74. The fourth-order valence-corrected chi connectivity index (χ4v) is 1090.